The summed E-state index contributed by atoms with van der Waals surface area (Å²) in [6.45, 7) is 11.3. The maximum absolute atomic E-state index is 13.2. The van der Waals surface area contributed by atoms with Gasteiger partial charge in [-0.05, 0) is 181 Å². The van der Waals surface area contributed by atoms with Crippen LogP contribution < -0.4 is 31.7 Å². The van der Waals surface area contributed by atoms with Gasteiger partial charge in [0, 0.05) is 98.0 Å². The zero-order valence-corrected chi connectivity index (χ0v) is 66.3. The van der Waals surface area contributed by atoms with Gasteiger partial charge in [-0.1, -0.05) is 235 Å². The van der Waals surface area contributed by atoms with Crippen LogP contribution in [0.2, 0.25) is 0 Å². The SMILES string of the molecule is C.CC1(C)CCN2CCC(C)(C)c3c2c1cc1cc(-c2nc4ccccc4s2)c(=O)oc31.[B]N=P.c1ccc(N(c2ccc(-c3ccc(N(c4ccccc4)c4cccc5ccccc45)cc3)cc2)c2cccc3ccccc23)cc1.c1cnc2c([O][Al]([O]c3cccc4cccnc34)[O]c3cccc4cccnc34)cccc2c1. The quantitative estimate of drug-likeness (QED) is 0.0583. The predicted octanol–water partition coefficient (Wildman–Crippen LogP) is 25.7. The van der Waals surface area contributed by atoms with E-state index in [1.54, 1.807) is 29.9 Å². The van der Waals surface area contributed by atoms with Crippen LogP contribution in [0.1, 0.15) is 59.1 Å². The molecule has 0 bridgehead atoms. The van der Waals surface area contributed by atoms with Crippen molar-refractivity contribution < 1.29 is 15.8 Å². The number of pyridine rings is 3. The summed E-state index contributed by atoms with van der Waals surface area (Å²) >= 11 is -1.31. The Bertz CT molecular complexity index is 6200. The molecule has 0 unspecified atom stereocenters. The molecule has 0 amide bonds. The Morgan fingerprint density at radius 3 is 1.34 bits per heavy atom. The van der Waals surface area contributed by atoms with E-state index < -0.39 is 15.1 Å². The summed E-state index contributed by atoms with van der Waals surface area (Å²) in [5, 5.41) is 9.57. The number of thiazole rings is 1. The summed E-state index contributed by atoms with van der Waals surface area (Å²) < 4.78 is 29.2. The molecule has 2 radical (unpaired) electrons. The zero-order valence-electron chi connectivity index (χ0n) is 63.3. The van der Waals surface area contributed by atoms with Crippen LogP contribution in [-0.2, 0) is 10.8 Å². The van der Waals surface area contributed by atoms with Crippen molar-refractivity contribution in [2.45, 2.75) is 58.8 Å². The Labute approximate surface area is 681 Å². The summed E-state index contributed by atoms with van der Waals surface area (Å²) in [7, 11) is 6.97. The van der Waals surface area contributed by atoms with Crippen molar-refractivity contribution >= 4 is 159 Å². The first-order valence-corrected chi connectivity index (χ1v) is 40.7. The molecule has 0 N–H and O–H groups in total. The van der Waals surface area contributed by atoms with Gasteiger partial charge in [-0.25, -0.2) is 9.78 Å². The fourth-order valence-corrected chi connectivity index (χ4v) is 17.9. The number of rotatable bonds is 14. The summed E-state index contributed by atoms with van der Waals surface area (Å²) in [4.78, 5) is 38.6. The van der Waals surface area contributed by atoms with E-state index >= 15 is 0 Å². The first kappa shape index (κ1) is 76.2. The van der Waals surface area contributed by atoms with E-state index in [1.165, 1.54) is 49.5 Å². The molecule has 2 aliphatic heterocycles. The number of para-hydroxylation sites is 6. The maximum Gasteiger partial charge on any atom is 1.20 e. The summed E-state index contributed by atoms with van der Waals surface area (Å²) in [6.07, 6.45) is 7.43. The lowest BCUT2D eigenvalue weighted by atomic mass is 9.69. The molecule has 18 aromatic rings. The minimum atomic E-state index is -2.86. The number of hydrogen-bond acceptors (Lipinski definition) is 14. The molecular weight excluding hydrogens is 1470 g/mol. The van der Waals surface area contributed by atoms with Crippen molar-refractivity contribution in [1.29, 1.82) is 0 Å². The molecule has 0 fully saturated rings. The van der Waals surface area contributed by atoms with Crippen molar-refractivity contribution in [3.63, 3.8) is 0 Å². The van der Waals surface area contributed by atoms with E-state index in [1.807, 2.05) is 121 Å². The van der Waals surface area contributed by atoms with E-state index in [9.17, 15) is 4.79 Å². The summed E-state index contributed by atoms with van der Waals surface area (Å²) in [6, 6.07) is 111. The van der Waals surface area contributed by atoms with E-state index in [0.29, 0.717) is 22.8 Å². The standard InChI is InChI=1S/C44H32N2.C26H26N2O2S.3C9H7NO.CH4.Al.BHNP/c1-3-17-37(18-4-1)45(43-23-11-15-35-13-7-9-21-41(35)43)39-29-25-33(26-30-39)34-27-31-40(32-28-34)46(38-19-5-2-6-20-38)44-24-12-16-36-14-8-10-22-42(36)44;1-25(2)9-11-28-12-10-26(3,4)20-21(28)17(25)14-15-13-16(24(29)30-22(15)20)23-27-18-7-5-6-8-19(18)31-23;3*11-8-5-1-3-7-4-2-6-10-9(7)8;;;1-2-3/h1-32H;5-8,13-14H,9-12H2,1-4H3;3*1-6,11H;1H4;;3H/q;;;;;;+3;/p-3. The fraction of sp³-hybridized carbons (Fsp3) is 0.112. The highest BCUT2D eigenvalue weighted by Gasteiger charge is 2.46. The monoisotopic (exact) mass is 1550 g/mol. The number of hydrogen-bond donors (Lipinski definition) is 0. The third kappa shape index (κ3) is 15.8. The summed E-state index contributed by atoms with van der Waals surface area (Å²) in [5.74, 6) is 1.82. The number of nitrogens with zero attached hydrogens (tertiary/aromatic N) is 8. The predicted molar refractivity (Wildman–Crippen MR) is 481 cm³/mol. The molecule has 0 saturated carbocycles. The Hall–Kier alpha value is -12.8. The molecule has 7 heterocycles. The van der Waals surface area contributed by atoms with Crippen molar-refractivity contribution in [1.82, 2.24) is 19.9 Å². The average Bonchev–Trinajstić information content (AvgIpc) is 1.49. The highest BCUT2D eigenvalue weighted by molar-refractivity contribution is 7.21. The second kappa shape index (κ2) is 33.5. The number of anilines is 7. The van der Waals surface area contributed by atoms with Crippen LogP contribution in [0.25, 0.3) is 97.1 Å². The Balaban J connectivity index is 0.000000130. The van der Waals surface area contributed by atoms with Crippen LogP contribution in [0.3, 0.4) is 0 Å². The van der Waals surface area contributed by atoms with Gasteiger partial charge in [0.05, 0.1) is 27.2 Å². The van der Waals surface area contributed by atoms with Gasteiger partial charge < -0.3 is 35.1 Å². The molecule has 17 heteroatoms. The summed E-state index contributed by atoms with van der Waals surface area (Å²) in [5.41, 5.74) is 17.3. The number of aromatic nitrogens is 4. The van der Waals surface area contributed by atoms with Gasteiger partial charge in [-0.15, -0.1) is 11.3 Å². The molecule has 0 saturated heterocycles. The van der Waals surface area contributed by atoms with Crippen LogP contribution >= 0.6 is 20.4 Å². The van der Waals surface area contributed by atoms with Gasteiger partial charge in [0.15, 0.2) is 0 Å². The first-order valence-electron chi connectivity index (χ1n) is 38.1. The number of fused-ring (bicyclic) bond motifs is 8. The Morgan fingerprint density at radius 1 is 0.461 bits per heavy atom. The fourth-order valence-electron chi connectivity index (χ4n) is 15.6. The van der Waals surface area contributed by atoms with Gasteiger partial charge in [-0.2, -0.15) is 0 Å². The first-order chi connectivity index (χ1) is 55.8. The highest BCUT2D eigenvalue weighted by atomic mass is 32.1. The normalized spacial score (nSPS) is 12.9. The van der Waals surface area contributed by atoms with Gasteiger partial charge >= 0.3 is 20.8 Å². The topological polar surface area (TPSA) is 132 Å². The molecular formula is C98H81AlBN8O5PS. The minimum Gasteiger partial charge on any atom is -0.576 e. The van der Waals surface area contributed by atoms with Crippen molar-refractivity contribution in [2.75, 3.05) is 27.8 Å². The van der Waals surface area contributed by atoms with E-state index in [-0.39, 0.29) is 23.9 Å². The van der Waals surface area contributed by atoms with Crippen LogP contribution in [0.4, 0.5) is 39.8 Å². The minimum absolute atomic E-state index is 0. The van der Waals surface area contributed by atoms with E-state index in [2.05, 4.69) is 279 Å². The van der Waals surface area contributed by atoms with Crippen LogP contribution in [0, 0.1) is 0 Å². The second-order valence-corrected chi connectivity index (χ2v) is 32.0. The Morgan fingerprint density at radius 2 is 0.861 bits per heavy atom. The smallest absolute Gasteiger partial charge is 0.576 e. The van der Waals surface area contributed by atoms with Crippen LogP contribution in [0.5, 0.6) is 17.2 Å². The third-order valence-corrected chi connectivity index (χ3v) is 23.7. The number of benzene rings is 13. The lowest BCUT2D eigenvalue weighted by Gasteiger charge is -2.48. The maximum atomic E-state index is 13.2. The molecule has 0 spiro atoms. The van der Waals surface area contributed by atoms with Gasteiger partial charge in [-0.3, -0.25) is 15.0 Å². The Kier molecular flexibility index (Phi) is 22.2. The zero-order chi connectivity index (χ0) is 77.7. The second-order valence-electron chi connectivity index (χ2n) is 29.5. The molecule has 13 aromatic carbocycles. The van der Waals surface area contributed by atoms with Gasteiger partial charge in [0.1, 0.15) is 44.4 Å². The largest absolute Gasteiger partial charge is 1.20 e. The lowest BCUT2D eigenvalue weighted by Crippen LogP contribution is -2.44. The molecule has 560 valence electrons. The van der Waals surface area contributed by atoms with Crippen LogP contribution in [-0.4, -0.2) is 56.2 Å². The molecule has 2 aliphatic rings. The van der Waals surface area contributed by atoms with Crippen molar-refractivity contribution in [2.24, 2.45) is 4.66 Å². The highest BCUT2D eigenvalue weighted by Crippen LogP contribution is 2.52. The molecule has 13 nitrogen and oxygen atoms in total. The average molecular weight is 1550 g/mol. The molecule has 0 atom stereocenters. The molecule has 0 aliphatic carbocycles. The van der Waals surface area contributed by atoms with E-state index in [0.717, 1.165) is 119 Å². The van der Waals surface area contributed by atoms with Crippen LogP contribution in [0.15, 0.2) is 354 Å². The van der Waals surface area contributed by atoms with Gasteiger partial charge in [0.2, 0.25) is 0 Å². The van der Waals surface area contributed by atoms with Crippen molar-refractivity contribution in [3.8, 4) is 38.9 Å². The molecule has 20 rings (SSSR count). The van der Waals surface area contributed by atoms with E-state index in [4.69, 9.17) is 20.8 Å². The third-order valence-electron chi connectivity index (χ3n) is 21.3. The molecule has 115 heavy (non-hydrogen) atoms. The van der Waals surface area contributed by atoms with Gasteiger partial charge in [0.25, 0.3) is 7.98 Å². The molecule has 5 aromatic heterocycles. The lowest BCUT2D eigenvalue weighted by molar-refractivity contribution is 0.311. The van der Waals surface area contributed by atoms with Crippen molar-refractivity contribution in [3.05, 3.63) is 362 Å².